The summed E-state index contributed by atoms with van der Waals surface area (Å²) in [5.74, 6) is -0.225. The minimum Gasteiger partial charge on any atom is -0.383 e. The van der Waals surface area contributed by atoms with Crippen molar-refractivity contribution in [1.82, 2.24) is 5.32 Å². The van der Waals surface area contributed by atoms with Gasteiger partial charge in [0.25, 0.3) is 0 Å². The van der Waals surface area contributed by atoms with Crippen molar-refractivity contribution in [2.75, 3.05) is 19.0 Å². The standard InChI is InChI=1S/C20H24N2O3/c1-14(13-25-3)21-19(16-8-5-4-6-9-16)20(24)22-18-11-7-10-17(12-18)15(2)23/h4-12,14,19,21H,13H2,1-3H3,(H,22,24)/t14-,19-/m0/s1. The van der Waals surface area contributed by atoms with E-state index in [2.05, 4.69) is 10.6 Å². The maximum absolute atomic E-state index is 12.8. The second-order valence-electron chi connectivity index (χ2n) is 5.99. The van der Waals surface area contributed by atoms with Gasteiger partial charge >= 0.3 is 0 Å². The maximum Gasteiger partial charge on any atom is 0.246 e. The first-order valence-corrected chi connectivity index (χ1v) is 8.23. The van der Waals surface area contributed by atoms with Crippen LogP contribution in [-0.4, -0.2) is 31.4 Å². The Morgan fingerprint density at radius 2 is 1.80 bits per heavy atom. The SMILES string of the molecule is COC[C@H](C)N[C@H](C(=O)Nc1cccc(C(C)=O)c1)c1ccccc1. The number of rotatable bonds is 8. The first-order valence-electron chi connectivity index (χ1n) is 8.23. The number of methoxy groups -OCH3 is 1. The summed E-state index contributed by atoms with van der Waals surface area (Å²) in [6.07, 6.45) is 0. The quantitative estimate of drug-likeness (QED) is 0.724. The van der Waals surface area contributed by atoms with E-state index in [9.17, 15) is 9.59 Å². The lowest BCUT2D eigenvalue weighted by Crippen LogP contribution is -2.40. The largest absolute Gasteiger partial charge is 0.383 e. The molecule has 0 aliphatic carbocycles. The number of hydrogen-bond donors (Lipinski definition) is 2. The van der Waals surface area contributed by atoms with E-state index >= 15 is 0 Å². The van der Waals surface area contributed by atoms with Crippen molar-refractivity contribution >= 4 is 17.4 Å². The first-order chi connectivity index (χ1) is 12.0. The fourth-order valence-electron chi connectivity index (χ4n) is 2.58. The van der Waals surface area contributed by atoms with Crippen molar-refractivity contribution in [3.05, 3.63) is 65.7 Å². The van der Waals surface area contributed by atoms with Gasteiger partial charge in [-0.15, -0.1) is 0 Å². The number of benzene rings is 2. The minimum absolute atomic E-state index is 0.00418. The molecular weight excluding hydrogens is 316 g/mol. The highest BCUT2D eigenvalue weighted by Gasteiger charge is 2.22. The Labute approximate surface area is 148 Å². The molecule has 2 N–H and O–H groups in total. The molecule has 0 spiro atoms. The van der Waals surface area contributed by atoms with Gasteiger partial charge in [0.1, 0.15) is 6.04 Å². The van der Waals surface area contributed by atoms with Crippen LogP contribution in [0.2, 0.25) is 0 Å². The molecule has 25 heavy (non-hydrogen) atoms. The fraction of sp³-hybridized carbons (Fsp3) is 0.300. The highest BCUT2D eigenvalue weighted by molar-refractivity contribution is 5.98. The molecule has 0 bridgehead atoms. The van der Waals surface area contributed by atoms with Crippen LogP contribution in [0.25, 0.3) is 0 Å². The Hall–Kier alpha value is -2.50. The highest BCUT2D eigenvalue weighted by atomic mass is 16.5. The molecule has 0 saturated carbocycles. The second-order valence-corrected chi connectivity index (χ2v) is 5.99. The normalized spacial score (nSPS) is 13.1. The number of ether oxygens (including phenoxy) is 1. The van der Waals surface area contributed by atoms with Crippen molar-refractivity contribution in [1.29, 1.82) is 0 Å². The minimum atomic E-state index is -0.521. The number of ketones is 1. The molecule has 2 aromatic rings. The molecule has 0 saturated heterocycles. The molecule has 0 heterocycles. The summed E-state index contributed by atoms with van der Waals surface area (Å²) in [6.45, 7) is 3.96. The van der Waals surface area contributed by atoms with Crippen molar-refractivity contribution < 1.29 is 14.3 Å². The van der Waals surface area contributed by atoms with Crippen LogP contribution in [0, 0.1) is 0 Å². The molecule has 1 amide bonds. The number of carbonyl (C=O) groups excluding carboxylic acids is 2. The molecule has 0 fully saturated rings. The molecule has 0 aliphatic heterocycles. The molecule has 132 valence electrons. The Kier molecular flexibility index (Phi) is 6.86. The lowest BCUT2D eigenvalue weighted by atomic mass is 10.0. The molecule has 2 rings (SSSR count). The summed E-state index contributed by atoms with van der Waals surface area (Å²) < 4.78 is 5.15. The Morgan fingerprint density at radius 1 is 1.08 bits per heavy atom. The molecule has 5 nitrogen and oxygen atoms in total. The van der Waals surface area contributed by atoms with Gasteiger partial charge in [-0.3, -0.25) is 14.9 Å². The third kappa shape index (κ3) is 5.52. The lowest BCUT2D eigenvalue weighted by Gasteiger charge is -2.23. The van der Waals surface area contributed by atoms with Gasteiger partial charge in [0.05, 0.1) is 6.61 Å². The van der Waals surface area contributed by atoms with E-state index in [0.29, 0.717) is 17.9 Å². The molecular formula is C20H24N2O3. The predicted molar refractivity (Wildman–Crippen MR) is 98.7 cm³/mol. The first kappa shape index (κ1) is 18.8. The van der Waals surface area contributed by atoms with Crippen molar-refractivity contribution in [3.63, 3.8) is 0 Å². The average Bonchev–Trinajstić information content (AvgIpc) is 2.61. The summed E-state index contributed by atoms with van der Waals surface area (Å²) in [5.41, 5.74) is 2.03. The molecule has 0 aromatic heterocycles. The van der Waals surface area contributed by atoms with Crippen LogP contribution in [0.15, 0.2) is 54.6 Å². The topological polar surface area (TPSA) is 67.4 Å². The molecule has 0 unspecified atom stereocenters. The Bertz CT molecular complexity index is 716. The van der Waals surface area contributed by atoms with Gasteiger partial charge in [0.2, 0.25) is 5.91 Å². The van der Waals surface area contributed by atoms with E-state index in [1.54, 1.807) is 31.4 Å². The highest BCUT2D eigenvalue weighted by Crippen LogP contribution is 2.18. The molecule has 2 atom stereocenters. The predicted octanol–water partition coefficient (Wildman–Crippen LogP) is 3.19. The van der Waals surface area contributed by atoms with E-state index < -0.39 is 6.04 Å². The van der Waals surface area contributed by atoms with Crippen LogP contribution < -0.4 is 10.6 Å². The van der Waals surface area contributed by atoms with Crippen LogP contribution in [0.3, 0.4) is 0 Å². The number of anilines is 1. The van der Waals surface area contributed by atoms with E-state index in [-0.39, 0.29) is 17.7 Å². The van der Waals surface area contributed by atoms with Gasteiger partial charge < -0.3 is 10.1 Å². The zero-order valence-electron chi connectivity index (χ0n) is 14.8. The summed E-state index contributed by atoms with van der Waals surface area (Å²) in [6, 6.07) is 15.9. The van der Waals surface area contributed by atoms with Crippen LogP contribution in [0.4, 0.5) is 5.69 Å². The summed E-state index contributed by atoms with van der Waals surface area (Å²) >= 11 is 0. The smallest absolute Gasteiger partial charge is 0.246 e. The van der Waals surface area contributed by atoms with E-state index in [1.165, 1.54) is 6.92 Å². The van der Waals surface area contributed by atoms with Gasteiger partial charge in [0.15, 0.2) is 5.78 Å². The van der Waals surface area contributed by atoms with E-state index in [4.69, 9.17) is 4.74 Å². The lowest BCUT2D eigenvalue weighted by molar-refractivity contribution is -0.118. The van der Waals surface area contributed by atoms with E-state index in [0.717, 1.165) is 5.56 Å². The van der Waals surface area contributed by atoms with Crippen molar-refractivity contribution in [3.8, 4) is 0 Å². The van der Waals surface area contributed by atoms with Gasteiger partial charge in [-0.1, -0.05) is 42.5 Å². The van der Waals surface area contributed by atoms with Crippen molar-refractivity contribution in [2.45, 2.75) is 25.9 Å². The summed E-state index contributed by atoms with van der Waals surface area (Å²) in [7, 11) is 1.63. The van der Waals surface area contributed by atoms with Gasteiger partial charge in [-0.05, 0) is 31.5 Å². The third-order valence-electron chi connectivity index (χ3n) is 3.80. The van der Waals surface area contributed by atoms with E-state index in [1.807, 2.05) is 37.3 Å². The molecule has 2 aromatic carbocycles. The third-order valence-corrected chi connectivity index (χ3v) is 3.80. The Morgan fingerprint density at radius 3 is 2.44 bits per heavy atom. The van der Waals surface area contributed by atoms with Gasteiger partial charge in [-0.25, -0.2) is 0 Å². The maximum atomic E-state index is 12.8. The Balaban J connectivity index is 2.20. The summed E-state index contributed by atoms with van der Waals surface area (Å²) in [5, 5.41) is 6.18. The fourth-order valence-corrected chi connectivity index (χ4v) is 2.58. The molecule has 0 aliphatic rings. The number of amides is 1. The average molecular weight is 340 g/mol. The second kappa shape index (κ2) is 9.11. The summed E-state index contributed by atoms with van der Waals surface area (Å²) in [4.78, 5) is 24.4. The molecule has 0 radical (unpaired) electrons. The molecule has 5 heteroatoms. The van der Waals surface area contributed by atoms with Gasteiger partial charge in [-0.2, -0.15) is 0 Å². The van der Waals surface area contributed by atoms with Crippen LogP contribution in [0.1, 0.15) is 35.8 Å². The van der Waals surface area contributed by atoms with Crippen LogP contribution in [-0.2, 0) is 9.53 Å². The number of Topliss-reactive ketones (excluding diaryl/α,β-unsaturated/α-hetero) is 1. The van der Waals surface area contributed by atoms with Crippen LogP contribution >= 0.6 is 0 Å². The van der Waals surface area contributed by atoms with Crippen molar-refractivity contribution in [2.24, 2.45) is 0 Å². The number of carbonyl (C=O) groups is 2. The van der Waals surface area contributed by atoms with Gasteiger partial charge in [0, 0.05) is 24.4 Å². The zero-order valence-corrected chi connectivity index (χ0v) is 14.8. The number of nitrogens with one attached hydrogen (secondary N) is 2. The zero-order chi connectivity index (χ0) is 18.2. The number of hydrogen-bond acceptors (Lipinski definition) is 4. The monoisotopic (exact) mass is 340 g/mol. The van der Waals surface area contributed by atoms with Crippen LogP contribution in [0.5, 0.6) is 0 Å².